The predicted octanol–water partition coefficient (Wildman–Crippen LogP) is 2.07. The Morgan fingerprint density at radius 1 is 1.07 bits per heavy atom. The molecule has 152 valence electrons. The Bertz CT molecular complexity index is 1030. The zero-order chi connectivity index (χ0) is 21.0. The van der Waals surface area contributed by atoms with Crippen LogP contribution in [0.1, 0.15) is 24.5 Å². The van der Waals surface area contributed by atoms with Gasteiger partial charge in [-0.1, -0.05) is 42.5 Å². The fourth-order valence-corrected chi connectivity index (χ4v) is 3.92. The van der Waals surface area contributed by atoms with Crippen molar-refractivity contribution in [1.29, 1.82) is 0 Å². The zero-order valence-corrected chi connectivity index (χ0v) is 17.1. The number of hydrogen-bond donors (Lipinski definition) is 1. The van der Waals surface area contributed by atoms with E-state index in [2.05, 4.69) is 10.4 Å². The summed E-state index contributed by atoms with van der Waals surface area (Å²) in [5.74, 6) is -0.394. The number of ketones is 1. The number of hydrogen-bond acceptors (Lipinski definition) is 6. The lowest BCUT2D eigenvalue weighted by Gasteiger charge is -2.20. The average Bonchev–Trinajstić information content (AvgIpc) is 3.13. The third-order valence-corrected chi connectivity index (χ3v) is 5.43. The van der Waals surface area contributed by atoms with Crippen molar-refractivity contribution in [3.8, 4) is 0 Å². The molecule has 1 atom stereocenters. The van der Waals surface area contributed by atoms with Gasteiger partial charge in [-0.2, -0.15) is 5.10 Å². The second-order valence-corrected chi connectivity index (χ2v) is 9.27. The summed E-state index contributed by atoms with van der Waals surface area (Å²) in [7, 11) is -3.08. The van der Waals surface area contributed by atoms with Gasteiger partial charge in [-0.05, 0) is 30.2 Å². The summed E-state index contributed by atoms with van der Waals surface area (Å²) in [5.41, 5.74) is 2.61. The highest BCUT2D eigenvalue weighted by molar-refractivity contribution is 7.89. The molecular formula is C21H23N3O4S. The number of hydrazone groups is 1. The number of nitrogens with one attached hydrogen (secondary N) is 1. The van der Waals surface area contributed by atoms with E-state index in [0.29, 0.717) is 11.3 Å². The van der Waals surface area contributed by atoms with Crippen molar-refractivity contribution >= 4 is 32.9 Å². The van der Waals surface area contributed by atoms with Crippen LogP contribution < -0.4 is 10.3 Å². The maximum atomic E-state index is 12.6. The topological polar surface area (TPSA) is 95.9 Å². The van der Waals surface area contributed by atoms with Crippen LogP contribution in [0.25, 0.3) is 0 Å². The summed E-state index contributed by atoms with van der Waals surface area (Å²) in [6.07, 6.45) is 1.44. The maximum absolute atomic E-state index is 12.6. The third-order valence-electron chi connectivity index (χ3n) is 4.57. The molecule has 1 N–H and O–H groups in total. The van der Waals surface area contributed by atoms with Crippen molar-refractivity contribution in [2.24, 2.45) is 5.10 Å². The first-order valence-corrected chi connectivity index (χ1v) is 11.2. The highest BCUT2D eigenvalue weighted by Crippen LogP contribution is 2.25. The molecule has 0 radical (unpaired) electrons. The minimum absolute atomic E-state index is 0.0157. The molecule has 0 bridgehead atoms. The maximum Gasteiger partial charge on any atom is 0.267 e. The molecule has 1 aliphatic rings. The van der Waals surface area contributed by atoms with Crippen LogP contribution in [0.4, 0.5) is 5.69 Å². The monoisotopic (exact) mass is 413 g/mol. The number of sulfone groups is 1. The molecule has 7 nitrogen and oxygen atoms in total. The number of carbonyl (C=O) groups excluding carboxylic acids is 2. The first kappa shape index (κ1) is 20.7. The van der Waals surface area contributed by atoms with Crippen molar-refractivity contribution in [1.82, 2.24) is 5.32 Å². The van der Waals surface area contributed by atoms with Gasteiger partial charge in [-0.25, -0.2) is 8.42 Å². The Labute approximate surface area is 170 Å². The standard InChI is InChI=1S/C21H23N3O4S/c1-15(25)20-12-19(23-24(20)18-6-4-3-5-7-18)21(26)22-13-16-8-10-17(11-9-16)14-29(2,27)28/h3-11,20H,12-14H2,1-2H3,(H,22,26). The molecule has 8 heteroatoms. The van der Waals surface area contributed by atoms with Crippen LogP contribution in [0, 0.1) is 0 Å². The molecule has 0 fully saturated rings. The van der Waals surface area contributed by atoms with Gasteiger partial charge in [0.1, 0.15) is 11.8 Å². The van der Waals surface area contributed by atoms with Crippen LogP contribution in [0.5, 0.6) is 0 Å². The Hall–Kier alpha value is -3.00. The highest BCUT2D eigenvalue weighted by Gasteiger charge is 2.33. The molecule has 1 amide bonds. The molecule has 0 aliphatic carbocycles. The summed E-state index contributed by atoms with van der Waals surface area (Å²) >= 11 is 0. The Morgan fingerprint density at radius 3 is 2.28 bits per heavy atom. The zero-order valence-electron chi connectivity index (χ0n) is 16.3. The van der Waals surface area contributed by atoms with Gasteiger partial charge < -0.3 is 5.32 Å². The summed E-state index contributed by atoms with van der Waals surface area (Å²) in [6.45, 7) is 1.78. The van der Waals surface area contributed by atoms with Gasteiger partial charge in [0.15, 0.2) is 15.6 Å². The molecular weight excluding hydrogens is 390 g/mol. The van der Waals surface area contributed by atoms with Crippen LogP contribution in [0.15, 0.2) is 59.7 Å². The van der Waals surface area contributed by atoms with E-state index in [4.69, 9.17) is 0 Å². The lowest BCUT2D eigenvalue weighted by molar-refractivity contribution is -0.118. The molecule has 0 spiro atoms. The molecule has 29 heavy (non-hydrogen) atoms. The van der Waals surface area contributed by atoms with Crippen molar-refractivity contribution in [3.05, 3.63) is 65.7 Å². The minimum Gasteiger partial charge on any atom is -0.347 e. The van der Waals surface area contributed by atoms with E-state index in [0.717, 1.165) is 11.3 Å². The van der Waals surface area contributed by atoms with E-state index in [1.165, 1.54) is 13.2 Å². The first-order chi connectivity index (χ1) is 13.7. The Kier molecular flexibility index (Phi) is 6.12. The van der Waals surface area contributed by atoms with Crippen molar-refractivity contribution in [2.45, 2.75) is 31.7 Å². The second-order valence-electron chi connectivity index (χ2n) is 7.13. The summed E-state index contributed by atoms with van der Waals surface area (Å²) in [6, 6.07) is 15.8. The SMILES string of the molecule is CC(=O)C1CC(C(=O)NCc2ccc(CS(C)(=O)=O)cc2)=NN1c1ccccc1. The van der Waals surface area contributed by atoms with Gasteiger partial charge in [0.05, 0.1) is 11.4 Å². The number of carbonyl (C=O) groups is 2. The molecule has 1 unspecified atom stereocenters. The van der Waals surface area contributed by atoms with E-state index in [9.17, 15) is 18.0 Å². The van der Waals surface area contributed by atoms with E-state index in [1.54, 1.807) is 29.3 Å². The van der Waals surface area contributed by atoms with Crippen LogP contribution in [-0.4, -0.2) is 38.1 Å². The summed E-state index contributed by atoms with van der Waals surface area (Å²) in [5, 5.41) is 8.79. The van der Waals surface area contributed by atoms with E-state index < -0.39 is 15.9 Å². The highest BCUT2D eigenvalue weighted by atomic mass is 32.2. The lowest BCUT2D eigenvalue weighted by Crippen LogP contribution is -2.34. The van der Waals surface area contributed by atoms with Gasteiger partial charge in [0.25, 0.3) is 5.91 Å². The fourth-order valence-electron chi connectivity index (χ4n) is 3.12. The molecule has 2 aromatic carbocycles. The summed E-state index contributed by atoms with van der Waals surface area (Å²) in [4.78, 5) is 24.6. The van der Waals surface area contributed by atoms with Crippen molar-refractivity contribution in [2.75, 3.05) is 11.3 Å². The summed E-state index contributed by atoms with van der Waals surface area (Å²) < 4.78 is 22.7. The number of benzene rings is 2. The molecule has 1 aliphatic heterocycles. The smallest absolute Gasteiger partial charge is 0.267 e. The second kappa shape index (κ2) is 8.57. The van der Waals surface area contributed by atoms with E-state index in [1.807, 2.05) is 30.3 Å². The normalized spacial score (nSPS) is 16.4. The number of para-hydroxylation sites is 1. The van der Waals surface area contributed by atoms with Gasteiger partial charge in [0.2, 0.25) is 0 Å². The van der Waals surface area contributed by atoms with Gasteiger partial charge in [-0.15, -0.1) is 0 Å². The number of nitrogens with zero attached hydrogens (tertiary/aromatic N) is 2. The van der Waals surface area contributed by atoms with Gasteiger partial charge in [0, 0.05) is 19.2 Å². The number of Topliss-reactive ketones (excluding diaryl/α,β-unsaturated/α-hetero) is 1. The fraction of sp³-hybridized carbons (Fsp3) is 0.286. The lowest BCUT2D eigenvalue weighted by atomic mass is 10.1. The molecule has 0 saturated carbocycles. The number of rotatable bonds is 7. The van der Waals surface area contributed by atoms with E-state index >= 15 is 0 Å². The van der Waals surface area contributed by atoms with Gasteiger partial charge in [-0.3, -0.25) is 14.6 Å². The van der Waals surface area contributed by atoms with Crippen LogP contribution >= 0.6 is 0 Å². The Balaban J connectivity index is 1.65. The Morgan fingerprint density at radius 2 is 1.69 bits per heavy atom. The molecule has 0 saturated heterocycles. The minimum atomic E-state index is -3.08. The molecule has 1 heterocycles. The quantitative estimate of drug-likeness (QED) is 0.750. The molecule has 2 aromatic rings. The number of amides is 1. The van der Waals surface area contributed by atoms with Crippen LogP contribution in [0.2, 0.25) is 0 Å². The molecule has 0 aromatic heterocycles. The van der Waals surface area contributed by atoms with Crippen molar-refractivity contribution < 1.29 is 18.0 Å². The van der Waals surface area contributed by atoms with Crippen LogP contribution in [0.3, 0.4) is 0 Å². The van der Waals surface area contributed by atoms with E-state index in [-0.39, 0.29) is 30.4 Å². The third kappa shape index (κ3) is 5.51. The number of anilines is 1. The van der Waals surface area contributed by atoms with Crippen molar-refractivity contribution in [3.63, 3.8) is 0 Å². The molecule has 3 rings (SSSR count). The van der Waals surface area contributed by atoms with Crippen LogP contribution in [-0.2, 0) is 31.7 Å². The average molecular weight is 413 g/mol. The first-order valence-electron chi connectivity index (χ1n) is 9.19. The predicted molar refractivity (Wildman–Crippen MR) is 112 cm³/mol. The largest absolute Gasteiger partial charge is 0.347 e. The van der Waals surface area contributed by atoms with Gasteiger partial charge >= 0.3 is 0 Å².